The second-order valence-corrected chi connectivity index (χ2v) is 2.77. The van der Waals surface area contributed by atoms with E-state index in [-0.39, 0.29) is 11.3 Å². The fourth-order valence-electron chi connectivity index (χ4n) is 1.01. The molecule has 1 rings (SSSR count). The number of amides is 1. The summed E-state index contributed by atoms with van der Waals surface area (Å²) >= 11 is 0. The van der Waals surface area contributed by atoms with E-state index >= 15 is 0 Å². The fourth-order valence-corrected chi connectivity index (χ4v) is 1.01. The van der Waals surface area contributed by atoms with Crippen molar-refractivity contribution in [3.05, 3.63) is 29.3 Å². The highest BCUT2D eigenvalue weighted by atomic mass is 19.4. The van der Waals surface area contributed by atoms with Gasteiger partial charge in [-0.25, -0.2) is 0 Å². The minimum atomic E-state index is -4.52. The van der Waals surface area contributed by atoms with Crippen molar-refractivity contribution in [3.8, 4) is 0 Å². The molecule has 0 aliphatic carbocycles. The first-order valence-corrected chi connectivity index (χ1v) is 3.84. The minimum Gasteiger partial charge on any atom is -0.405 e. The van der Waals surface area contributed by atoms with Crippen molar-refractivity contribution in [1.82, 2.24) is 5.23 Å². The summed E-state index contributed by atoms with van der Waals surface area (Å²) in [5, 5.41) is 1.71. The molecule has 3 nitrogen and oxygen atoms in total. The van der Waals surface area contributed by atoms with Crippen molar-refractivity contribution in [1.29, 1.82) is 0 Å². The SMILES string of the molecule is [B]NC(=O)c1cc(C(F)(F)F)ccc1N. The van der Waals surface area contributed by atoms with Gasteiger partial charge in [0.15, 0.2) is 0 Å². The molecule has 0 fully saturated rings. The molecule has 0 unspecified atom stereocenters. The molecule has 1 aromatic rings. The number of nitrogens with one attached hydrogen (secondary N) is 1. The van der Waals surface area contributed by atoms with Gasteiger partial charge >= 0.3 is 6.18 Å². The number of carbonyl (C=O) groups is 1. The summed E-state index contributed by atoms with van der Waals surface area (Å²) in [6.45, 7) is 0. The number of anilines is 1. The molecule has 15 heavy (non-hydrogen) atoms. The van der Waals surface area contributed by atoms with Gasteiger partial charge in [0, 0.05) is 5.69 Å². The van der Waals surface area contributed by atoms with E-state index in [4.69, 9.17) is 13.7 Å². The fraction of sp³-hybridized carbons (Fsp3) is 0.125. The Hall–Kier alpha value is -1.66. The van der Waals surface area contributed by atoms with Crippen molar-refractivity contribution < 1.29 is 18.0 Å². The number of rotatable bonds is 1. The van der Waals surface area contributed by atoms with Crippen LogP contribution < -0.4 is 11.0 Å². The average molecular weight is 214 g/mol. The van der Waals surface area contributed by atoms with Gasteiger partial charge in [-0.3, -0.25) is 4.79 Å². The summed E-state index contributed by atoms with van der Waals surface area (Å²) in [6, 6.07) is 2.45. The van der Waals surface area contributed by atoms with Crippen LogP contribution in [0.4, 0.5) is 18.9 Å². The third-order valence-electron chi connectivity index (χ3n) is 1.76. The summed E-state index contributed by atoms with van der Waals surface area (Å²) in [7, 11) is 4.80. The van der Waals surface area contributed by atoms with Crippen molar-refractivity contribution in [2.24, 2.45) is 0 Å². The molecule has 7 heteroatoms. The first-order valence-electron chi connectivity index (χ1n) is 3.84. The lowest BCUT2D eigenvalue weighted by Gasteiger charge is -2.10. The summed E-state index contributed by atoms with van der Waals surface area (Å²) < 4.78 is 36.8. The quantitative estimate of drug-likeness (QED) is 0.543. The highest BCUT2D eigenvalue weighted by molar-refractivity contribution is 6.19. The topological polar surface area (TPSA) is 55.1 Å². The Balaban J connectivity index is 3.23. The van der Waals surface area contributed by atoms with Crippen LogP contribution in [0, 0.1) is 0 Å². The predicted octanol–water partition coefficient (Wildman–Crippen LogP) is 1.10. The van der Waals surface area contributed by atoms with Crippen molar-refractivity contribution in [2.45, 2.75) is 6.18 Å². The molecular weight excluding hydrogens is 208 g/mol. The van der Waals surface area contributed by atoms with Gasteiger partial charge in [-0.1, -0.05) is 0 Å². The van der Waals surface area contributed by atoms with Crippen LogP contribution >= 0.6 is 0 Å². The highest BCUT2D eigenvalue weighted by Crippen LogP contribution is 2.31. The zero-order chi connectivity index (χ0) is 11.6. The number of halogens is 3. The maximum atomic E-state index is 12.3. The molecule has 3 N–H and O–H groups in total. The molecule has 0 heterocycles. The first-order chi connectivity index (χ1) is 6.86. The standard InChI is InChI=1S/C8H6BF3N2O/c9-14-7(15)5-3-4(8(10,11)12)1-2-6(5)13/h1-3H,13H2,(H,14,15). The number of alkyl halides is 3. The third-order valence-corrected chi connectivity index (χ3v) is 1.76. The zero-order valence-corrected chi connectivity index (χ0v) is 7.43. The van der Waals surface area contributed by atoms with E-state index in [1.807, 2.05) is 0 Å². The molecular formula is C8H6BF3N2O. The van der Waals surface area contributed by atoms with E-state index in [0.717, 1.165) is 12.1 Å². The highest BCUT2D eigenvalue weighted by Gasteiger charge is 2.31. The van der Waals surface area contributed by atoms with E-state index in [1.54, 1.807) is 5.23 Å². The van der Waals surface area contributed by atoms with E-state index in [2.05, 4.69) is 0 Å². The number of hydrogen-bond donors (Lipinski definition) is 2. The van der Waals surface area contributed by atoms with Gasteiger partial charge in [0.25, 0.3) is 0 Å². The monoisotopic (exact) mass is 214 g/mol. The number of benzene rings is 1. The van der Waals surface area contributed by atoms with Crippen LogP contribution in [0.2, 0.25) is 0 Å². The van der Waals surface area contributed by atoms with Gasteiger partial charge < -0.3 is 11.0 Å². The molecule has 0 aromatic heterocycles. The smallest absolute Gasteiger partial charge is 0.405 e. The normalized spacial score (nSPS) is 11.1. The summed E-state index contributed by atoms with van der Waals surface area (Å²) in [5.41, 5.74) is 4.01. The third kappa shape index (κ3) is 2.42. The van der Waals surface area contributed by atoms with Crippen LogP contribution in [0.5, 0.6) is 0 Å². The minimum absolute atomic E-state index is 0.0639. The number of carbonyl (C=O) groups excluding carboxylic acids is 1. The van der Waals surface area contributed by atoms with Crippen LogP contribution in [0.15, 0.2) is 18.2 Å². The molecule has 78 valence electrons. The van der Waals surface area contributed by atoms with E-state index < -0.39 is 17.6 Å². The van der Waals surface area contributed by atoms with Crippen molar-refractivity contribution in [2.75, 3.05) is 5.73 Å². The second-order valence-electron chi connectivity index (χ2n) is 2.77. The van der Waals surface area contributed by atoms with Crippen LogP contribution in [0.3, 0.4) is 0 Å². The van der Waals surface area contributed by atoms with Gasteiger partial charge in [0.1, 0.15) is 0 Å². The molecule has 0 atom stereocenters. The number of nitrogens with two attached hydrogens (primary N) is 1. The lowest BCUT2D eigenvalue weighted by Crippen LogP contribution is -2.21. The molecule has 0 saturated carbocycles. The molecule has 0 bridgehead atoms. The van der Waals surface area contributed by atoms with E-state index in [0.29, 0.717) is 6.07 Å². The van der Waals surface area contributed by atoms with E-state index in [1.165, 1.54) is 0 Å². The molecule has 1 amide bonds. The zero-order valence-electron chi connectivity index (χ0n) is 7.43. The average Bonchev–Trinajstić information content (AvgIpc) is 2.15. The largest absolute Gasteiger partial charge is 0.416 e. The Kier molecular flexibility index (Phi) is 2.92. The van der Waals surface area contributed by atoms with Gasteiger partial charge in [0.05, 0.1) is 11.1 Å². The summed E-state index contributed by atoms with van der Waals surface area (Å²) in [5.74, 6) is -0.862. The van der Waals surface area contributed by atoms with Crippen LogP contribution in [-0.2, 0) is 6.18 Å². The molecule has 1 aromatic carbocycles. The van der Waals surface area contributed by atoms with Crippen molar-refractivity contribution in [3.63, 3.8) is 0 Å². The Morgan fingerprint density at radius 2 is 2.00 bits per heavy atom. The van der Waals surface area contributed by atoms with Gasteiger partial charge in [-0.2, -0.15) is 13.2 Å². The van der Waals surface area contributed by atoms with Gasteiger partial charge in [-0.05, 0) is 18.2 Å². The molecule has 0 saturated heterocycles. The lowest BCUT2D eigenvalue weighted by atomic mass is 10.1. The lowest BCUT2D eigenvalue weighted by molar-refractivity contribution is -0.137. The second kappa shape index (κ2) is 3.84. The number of nitrogen functional groups attached to an aromatic ring is 1. The van der Waals surface area contributed by atoms with Crippen molar-refractivity contribution >= 4 is 19.6 Å². The Bertz CT molecular complexity index is 392. The summed E-state index contributed by atoms with van der Waals surface area (Å²) in [4.78, 5) is 11.0. The van der Waals surface area contributed by atoms with Crippen LogP contribution in [0.1, 0.15) is 15.9 Å². The van der Waals surface area contributed by atoms with Crippen LogP contribution in [-0.4, -0.2) is 13.9 Å². The Morgan fingerprint density at radius 3 is 2.47 bits per heavy atom. The van der Waals surface area contributed by atoms with Gasteiger partial charge in [0.2, 0.25) is 13.9 Å². The Labute approximate surface area is 84.9 Å². The predicted molar refractivity (Wildman–Crippen MR) is 49.1 cm³/mol. The van der Waals surface area contributed by atoms with Crippen LogP contribution in [0.25, 0.3) is 0 Å². The maximum absolute atomic E-state index is 12.3. The maximum Gasteiger partial charge on any atom is 0.416 e. The Morgan fingerprint density at radius 1 is 1.40 bits per heavy atom. The van der Waals surface area contributed by atoms with Gasteiger partial charge in [-0.15, -0.1) is 0 Å². The summed E-state index contributed by atoms with van der Waals surface area (Å²) in [6.07, 6.45) is -4.52. The molecule has 2 radical (unpaired) electrons. The molecule has 0 aliphatic heterocycles. The van der Waals surface area contributed by atoms with E-state index in [9.17, 15) is 18.0 Å². The number of hydrogen-bond acceptors (Lipinski definition) is 2. The molecule has 0 spiro atoms. The molecule has 0 aliphatic rings. The first kappa shape index (κ1) is 11.4.